The lowest BCUT2D eigenvalue weighted by atomic mass is 10.5. The Labute approximate surface area is 107 Å². The van der Waals surface area contributed by atoms with Crippen LogP contribution in [0.15, 0.2) is 11.1 Å². The molecule has 2 aromatic rings. The summed E-state index contributed by atoms with van der Waals surface area (Å²) in [5.74, 6) is -0.293. The zero-order valence-electron chi connectivity index (χ0n) is 10.2. The van der Waals surface area contributed by atoms with Crippen molar-refractivity contribution in [3.63, 3.8) is 0 Å². The molecule has 1 amide bonds. The van der Waals surface area contributed by atoms with Gasteiger partial charge in [0.2, 0.25) is 11.9 Å². The number of anilines is 1. The van der Waals surface area contributed by atoms with Crippen LogP contribution in [0.5, 0.6) is 0 Å². The van der Waals surface area contributed by atoms with Gasteiger partial charge in [0, 0.05) is 6.92 Å². The largest absolute Gasteiger partial charge is 0.394 e. The molecule has 2 rings (SSSR count). The molecular weight excluding hydrogens is 254 g/mol. The van der Waals surface area contributed by atoms with Gasteiger partial charge in [0.25, 0.3) is 5.56 Å². The average Bonchev–Trinajstić information content (AvgIpc) is 2.72. The van der Waals surface area contributed by atoms with Gasteiger partial charge in [0.05, 0.1) is 19.5 Å². The van der Waals surface area contributed by atoms with E-state index in [2.05, 4.69) is 20.3 Å². The van der Waals surface area contributed by atoms with Crippen LogP contribution in [0.25, 0.3) is 11.2 Å². The van der Waals surface area contributed by atoms with Crippen LogP contribution >= 0.6 is 0 Å². The molecule has 9 heteroatoms. The van der Waals surface area contributed by atoms with E-state index >= 15 is 0 Å². The second kappa shape index (κ2) is 5.59. The van der Waals surface area contributed by atoms with E-state index < -0.39 is 5.56 Å². The van der Waals surface area contributed by atoms with Crippen LogP contribution in [0.4, 0.5) is 5.95 Å². The number of fused-ring (bicyclic) bond motifs is 1. The number of carbonyl (C=O) groups is 1. The van der Waals surface area contributed by atoms with Crippen molar-refractivity contribution < 1.29 is 14.6 Å². The maximum Gasteiger partial charge on any atom is 0.280 e. The van der Waals surface area contributed by atoms with E-state index in [1.165, 1.54) is 17.8 Å². The highest BCUT2D eigenvalue weighted by Gasteiger charge is 2.10. The maximum atomic E-state index is 11.7. The Morgan fingerprint density at radius 1 is 1.63 bits per heavy atom. The fourth-order valence-electron chi connectivity index (χ4n) is 1.50. The summed E-state index contributed by atoms with van der Waals surface area (Å²) in [7, 11) is 0. The van der Waals surface area contributed by atoms with Crippen LogP contribution < -0.4 is 10.9 Å². The van der Waals surface area contributed by atoms with Crippen molar-refractivity contribution in [3.8, 4) is 0 Å². The Kier molecular flexibility index (Phi) is 3.88. The summed E-state index contributed by atoms with van der Waals surface area (Å²) in [6.07, 6.45) is 1.40. The highest BCUT2D eigenvalue weighted by atomic mass is 16.5. The summed E-state index contributed by atoms with van der Waals surface area (Å²) in [6, 6.07) is 0. The Bertz CT molecular complexity index is 647. The third kappa shape index (κ3) is 2.95. The van der Waals surface area contributed by atoms with E-state index in [9.17, 15) is 9.59 Å². The number of hydrogen-bond acceptors (Lipinski definition) is 6. The van der Waals surface area contributed by atoms with Crippen LogP contribution in [-0.4, -0.2) is 43.7 Å². The van der Waals surface area contributed by atoms with Gasteiger partial charge in [-0.15, -0.1) is 0 Å². The normalized spacial score (nSPS) is 10.8. The van der Waals surface area contributed by atoms with Crippen molar-refractivity contribution in [1.82, 2.24) is 19.5 Å². The van der Waals surface area contributed by atoms with Crippen LogP contribution in [0.1, 0.15) is 6.92 Å². The summed E-state index contributed by atoms with van der Waals surface area (Å²) in [5.41, 5.74) is 0.00167. The number of carbonyl (C=O) groups excluding carboxylic acids is 1. The summed E-state index contributed by atoms with van der Waals surface area (Å²) in [4.78, 5) is 33.1. The van der Waals surface area contributed by atoms with E-state index in [1.807, 2.05) is 0 Å². The Morgan fingerprint density at radius 2 is 2.42 bits per heavy atom. The van der Waals surface area contributed by atoms with Gasteiger partial charge in [-0.1, -0.05) is 0 Å². The number of aromatic nitrogens is 4. The first-order valence-corrected chi connectivity index (χ1v) is 5.53. The molecule has 19 heavy (non-hydrogen) atoms. The molecular formula is C10H13N5O4. The number of aromatic amines is 1. The van der Waals surface area contributed by atoms with Crippen molar-refractivity contribution in [2.45, 2.75) is 13.7 Å². The number of H-pyrrole nitrogens is 1. The van der Waals surface area contributed by atoms with Gasteiger partial charge in [-0.25, -0.2) is 4.98 Å². The zero-order valence-corrected chi connectivity index (χ0v) is 10.2. The van der Waals surface area contributed by atoms with E-state index in [4.69, 9.17) is 9.84 Å². The van der Waals surface area contributed by atoms with Crippen LogP contribution in [-0.2, 0) is 16.3 Å². The monoisotopic (exact) mass is 267 g/mol. The maximum absolute atomic E-state index is 11.7. The van der Waals surface area contributed by atoms with Crippen LogP contribution in [0.2, 0.25) is 0 Å². The van der Waals surface area contributed by atoms with Gasteiger partial charge in [-0.05, 0) is 0 Å². The minimum Gasteiger partial charge on any atom is -0.394 e. The fraction of sp³-hybridized carbons (Fsp3) is 0.400. The van der Waals surface area contributed by atoms with Crippen molar-refractivity contribution in [3.05, 3.63) is 16.7 Å². The van der Waals surface area contributed by atoms with Gasteiger partial charge in [0.15, 0.2) is 11.2 Å². The summed E-state index contributed by atoms with van der Waals surface area (Å²) < 4.78 is 6.64. The van der Waals surface area contributed by atoms with Gasteiger partial charge < -0.3 is 9.84 Å². The number of ether oxygens (including phenoxy) is 1. The Hall–Kier alpha value is -2.26. The second-order valence-electron chi connectivity index (χ2n) is 3.74. The molecule has 3 N–H and O–H groups in total. The van der Waals surface area contributed by atoms with Crippen LogP contribution in [0.3, 0.4) is 0 Å². The van der Waals surface area contributed by atoms with Gasteiger partial charge >= 0.3 is 0 Å². The number of nitrogens with one attached hydrogen (secondary N) is 2. The van der Waals surface area contributed by atoms with E-state index in [0.717, 1.165) is 0 Å². The number of amides is 1. The number of aliphatic hydroxyl groups is 1. The zero-order chi connectivity index (χ0) is 13.8. The predicted molar refractivity (Wildman–Crippen MR) is 65.5 cm³/mol. The van der Waals surface area contributed by atoms with Gasteiger partial charge in [-0.3, -0.25) is 24.5 Å². The third-order valence-corrected chi connectivity index (χ3v) is 2.24. The smallest absolute Gasteiger partial charge is 0.280 e. The number of rotatable bonds is 5. The lowest BCUT2D eigenvalue weighted by Crippen LogP contribution is -2.17. The lowest BCUT2D eigenvalue weighted by Gasteiger charge is -2.05. The van der Waals surface area contributed by atoms with Crippen molar-refractivity contribution in [2.75, 3.05) is 18.5 Å². The molecule has 102 valence electrons. The molecule has 0 unspecified atom stereocenters. The van der Waals surface area contributed by atoms with Crippen molar-refractivity contribution in [1.29, 1.82) is 0 Å². The van der Waals surface area contributed by atoms with Crippen molar-refractivity contribution in [2.24, 2.45) is 0 Å². The average molecular weight is 267 g/mol. The number of aliphatic hydroxyl groups excluding tert-OH is 1. The number of nitrogens with zero attached hydrogens (tertiary/aromatic N) is 3. The van der Waals surface area contributed by atoms with Gasteiger partial charge in [0.1, 0.15) is 6.73 Å². The quantitative estimate of drug-likeness (QED) is 0.600. The summed E-state index contributed by atoms with van der Waals surface area (Å²) in [6.45, 7) is 1.48. The molecule has 2 heterocycles. The molecule has 2 aromatic heterocycles. The molecule has 0 aromatic carbocycles. The second-order valence-corrected chi connectivity index (χ2v) is 3.74. The first-order valence-electron chi connectivity index (χ1n) is 5.53. The highest BCUT2D eigenvalue weighted by molar-refractivity contribution is 5.87. The number of imidazole rings is 1. The lowest BCUT2D eigenvalue weighted by molar-refractivity contribution is -0.114. The Morgan fingerprint density at radius 3 is 3.11 bits per heavy atom. The summed E-state index contributed by atoms with van der Waals surface area (Å²) in [5, 5.41) is 11.0. The molecule has 0 saturated carbocycles. The summed E-state index contributed by atoms with van der Waals surface area (Å²) >= 11 is 0. The molecule has 0 aliphatic heterocycles. The molecule has 0 saturated heterocycles. The first-order chi connectivity index (χ1) is 9.11. The molecule has 0 spiro atoms. The molecule has 0 bridgehead atoms. The third-order valence-electron chi connectivity index (χ3n) is 2.24. The van der Waals surface area contributed by atoms with Crippen molar-refractivity contribution >= 4 is 23.0 Å². The number of hydrogen-bond donors (Lipinski definition) is 3. The molecule has 0 atom stereocenters. The van der Waals surface area contributed by atoms with E-state index in [-0.39, 0.29) is 37.3 Å². The molecule has 0 aliphatic carbocycles. The molecule has 9 nitrogen and oxygen atoms in total. The highest BCUT2D eigenvalue weighted by Crippen LogP contribution is 2.07. The topological polar surface area (TPSA) is 122 Å². The fourth-order valence-corrected chi connectivity index (χ4v) is 1.50. The SMILES string of the molecule is CC(=O)Nc1nc2c(ncn2COCCO)c(=O)[nH]1. The molecule has 0 aliphatic rings. The molecule has 0 radical (unpaired) electrons. The van der Waals surface area contributed by atoms with Gasteiger partial charge in [-0.2, -0.15) is 4.98 Å². The molecule has 0 fully saturated rings. The standard InChI is InChI=1S/C10H13N5O4/c1-6(17)12-10-13-8-7(9(18)14-10)11-4-15(8)5-19-3-2-16/h4,16H,2-3,5H2,1H3,(H2,12,13,14,17,18). The minimum atomic E-state index is -0.449. The first kappa shape index (κ1) is 13.2. The minimum absolute atomic E-state index is 0.0499. The van der Waals surface area contributed by atoms with Crippen LogP contribution in [0, 0.1) is 0 Å². The van der Waals surface area contributed by atoms with E-state index in [1.54, 1.807) is 0 Å². The van der Waals surface area contributed by atoms with E-state index in [0.29, 0.717) is 5.65 Å². The Balaban J connectivity index is 2.36. The predicted octanol–water partition coefficient (Wildman–Crippen LogP) is -0.956.